The van der Waals surface area contributed by atoms with E-state index in [4.69, 9.17) is 10.5 Å². The van der Waals surface area contributed by atoms with Gasteiger partial charge in [0.05, 0.1) is 30.0 Å². The molecule has 0 aromatic heterocycles. The number of carbonyl (C=O) groups excluding carboxylic acids is 1. The number of nitrogens with zero attached hydrogens (tertiary/aromatic N) is 1. The van der Waals surface area contributed by atoms with Gasteiger partial charge in [-0.15, -0.1) is 0 Å². The Balaban J connectivity index is 1.32. The first-order chi connectivity index (χ1) is 17.2. The molecule has 5 saturated carbocycles. The minimum Gasteiger partial charge on any atom is -0.393 e. The molecule has 6 nitrogen and oxygen atoms in total. The van der Waals surface area contributed by atoms with Crippen LogP contribution in [0, 0.1) is 45.3 Å². The van der Waals surface area contributed by atoms with Gasteiger partial charge >= 0.3 is 0 Å². The Kier molecular flexibility index (Phi) is 5.70. The minimum absolute atomic E-state index is 0.0542. The van der Waals surface area contributed by atoms with Gasteiger partial charge in [0.25, 0.3) is 0 Å². The Labute approximate surface area is 224 Å². The van der Waals surface area contributed by atoms with E-state index >= 15 is 0 Å². The maximum atomic E-state index is 12.3. The zero-order chi connectivity index (χ0) is 26.9. The van der Waals surface area contributed by atoms with Crippen LogP contribution in [0.3, 0.4) is 0 Å². The number of aliphatic hydroxyl groups is 2. The van der Waals surface area contributed by atoms with Crippen molar-refractivity contribution >= 4 is 5.91 Å². The van der Waals surface area contributed by atoms with E-state index in [1.807, 2.05) is 4.90 Å². The molecule has 0 radical (unpaired) electrons. The van der Waals surface area contributed by atoms with Crippen molar-refractivity contribution in [2.45, 2.75) is 136 Å². The van der Waals surface area contributed by atoms with Crippen molar-refractivity contribution in [2.75, 3.05) is 6.54 Å². The van der Waals surface area contributed by atoms with Gasteiger partial charge in [-0.3, -0.25) is 4.79 Å². The van der Waals surface area contributed by atoms with Crippen LogP contribution < -0.4 is 5.73 Å². The number of hydrogen-bond acceptors (Lipinski definition) is 5. The summed E-state index contributed by atoms with van der Waals surface area (Å²) in [6.45, 7) is 15.6. The first-order valence-electron chi connectivity index (χ1n) is 15.2. The quantitative estimate of drug-likeness (QED) is 0.525. The van der Waals surface area contributed by atoms with E-state index in [0.717, 1.165) is 38.5 Å². The van der Waals surface area contributed by atoms with Crippen LogP contribution in [0.2, 0.25) is 0 Å². The molecule has 0 bridgehead atoms. The van der Waals surface area contributed by atoms with Crippen LogP contribution in [0.25, 0.3) is 0 Å². The van der Waals surface area contributed by atoms with Gasteiger partial charge in [-0.05, 0) is 111 Å². The van der Waals surface area contributed by atoms with Gasteiger partial charge in [-0.25, -0.2) is 0 Å². The molecule has 1 heterocycles. The van der Waals surface area contributed by atoms with Gasteiger partial charge in [0, 0.05) is 19.5 Å². The summed E-state index contributed by atoms with van der Waals surface area (Å²) < 4.78 is 6.77. The van der Waals surface area contributed by atoms with E-state index in [2.05, 4.69) is 41.5 Å². The van der Waals surface area contributed by atoms with Crippen molar-refractivity contribution in [2.24, 2.45) is 51.1 Å². The Morgan fingerprint density at radius 2 is 1.70 bits per heavy atom. The molecule has 1 aliphatic heterocycles. The minimum atomic E-state index is -0.684. The van der Waals surface area contributed by atoms with Gasteiger partial charge in [0.1, 0.15) is 0 Å². The third-order valence-electron chi connectivity index (χ3n) is 13.8. The summed E-state index contributed by atoms with van der Waals surface area (Å²) in [6, 6.07) is 0.128. The second kappa shape index (κ2) is 7.95. The Morgan fingerprint density at radius 1 is 1.05 bits per heavy atom. The molecule has 4 unspecified atom stereocenters. The highest BCUT2D eigenvalue weighted by atomic mass is 16.5. The lowest BCUT2D eigenvalue weighted by Gasteiger charge is -2.63. The van der Waals surface area contributed by atoms with Crippen molar-refractivity contribution in [1.82, 2.24) is 4.90 Å². The number of nitrogens with two attached hydrogens (primary N) is 1. The number of rotatable bonds is 3. The number of amides is 1. The molecule has 2 spiro atoms. The van der Waals surface area contributed by atoms with Gasteiger partial charge in [-0.1, -0.05) is 27.7 Å². The van der Waals surface area contributed by atoms with Crippen molar-refractivity contribution in [1.29, 1.82) is 0 Å². The second-order valence-corrected chi connectivity index (χ2v) is 15.6. The maximum absolute atomic E-state index is 12.3. The number of hydrogen-bond donors (Lipinski definition) is 3. The average molecular weight is 517 g/mol. The molecule has 210 valence electrons. The van der Waals surface area contributed by atoms with E-state index in [1.54, 1.807) is 6.92 Å². The average Bonchev–Trinajstić information content (AvgIpc) is 3.45. The first kappa shape index (κ1) is 26.5. The molecule has 0 aromatic carbocycles. The van der Waals surface area contributed by atoms with Crippen molar-refractivity contribution in [3.05, 3.63) is 0 Å². The molecule has 1 saturated heterocycles. The lowest BCUT2D eigenvalue weighted by atomic mass is 9.43. The van der Waals surface area contributed by atoms with E-state index in [1.165, 1.54) is 12.8 Å². The first-order valence-corrected chi connectivity index (χ1v) is 15.2. The zero-order valence-corrected chi connectivity index (χ0v) is 24.3. The van der Waals surface area contributed by atoms with E-state index in [-0.39, 0.29) is 57.8 Å². The van der Waals surface area contributed by atoms with Crippen molar-refractivity contribution < 1.29 is 19.7 Å². The Morgan fingerprint density at radius 3 is 2.35 bits per heavy atom. The summed E-state index contributed by atoms with van der Waals surface area (Å²) in [5, 5.41) is 23.1. The van der Waals surface area contributed by atoms with E-state index in [9.17, 15) is 15.0 Å². The fraction of sp³-hybridized carbons (Fsp3) is 0.968. The molecule has 12 atom stereocenters. The molecule has 0 aromatic rings. The largest absolute Gasteiger partial charge is 0.393 e. The monoisotopic (exact) mass is 516 g/mol. The summed E-state index contributed by atoms with van der Waals surface area (Å²) in [7, 11) is 0. The normalized spacial score (nSPS) is 55.4. The molecular weight excluding hydrogens is 464 g/mol. The van der Waals surface area contributed by atoms with Gasteiger partial charge < -0.3 is 25.6 Å². The van der Waals surface area contributed by atoms with E-state index < -0.39 is 11.6 Å². The number of aliphatic hydroxyl groups excluding tert-OH is 2. The van der Waals surface area contributed by atoms with Crippen molar-refractivity contribution in [3.8, 4) is 0 Å². The maximum Gasteiger partial charge on any atom is 0.219 e. The SMILES string of the molecule is CC(=O)N(CC1C[C@@H](C)[C@H]2C(O1)[C@H](O)[C@@]1(N)C3CC[C@H]4C(C)(C)[C@@H](O)CCC45C[C@@]35CC[C@]21C)C(C)C. The molecule has 6 fully saturated rings. The van der Waals surface area contributed by atoms with E-state index in [0.29, 0.717) is 24.3 Å². The Hall–Kier alpha value is -0.690. The highest BCUT2D eigenvalue weighted by Crippen LogP contribution is 2.87. The third kappa shape index (κ3) is 3.05. The topological polar surface area (TPSA) is 96.0 Å². The summed E-state index contributed by atoms with van der Waals surface area (Å²) in [5.74, 6) is 1.55. The summed E-state index contributed by atoms with van der Waals surface area (Å²) in [5.41, 5.74) is 7.27. The van der Waals surface area contributed by atoms with Gasteiger partial charge in [-0.2, -0.15) is 0 Å². The fourth-order valence-electron chi connectivity index (χ4n) is 12.1. The van der Waals surface area contributed by atoms with Crippen LogP contribution in [0.5, 0.6) is 0 Å². The smallest absolute Gasteiger partial charge is 0.219 e. The number of carbonyl (C=O) groups is 1. The van der Waals surface area contributed by atoms with Crippen molar-refractivity contribution in [3.63, 3.8) is 0 Å². The molecule has 1 amide bonds. The van der Waals surface area contributed by atoms with Crippen LogP contribution >= 0.6 is 0 Å². The highest BCUT2D eigenvalue weighted by Gasteiger charge is 2.85. The lowest BCUT2D eigenvalue weighted by molar-refractivity contribution is -0.155. The molecule has 4 N–H and O–H groups in total. The molecule has 6 heteroatoms. The molecular formula is C31H52N2O4. The predicted molar refractivity (Wildman–Crippen MR) is 143 cm³/mol. The third-order valence-corrected chi connectivity index (χ3v) is 13.8. The zero-order valence-electron chi connectivity index (χ0n) is 24.3. The standard InChI is InChI=1S/C31H52N2O4/c1-17(2)33(19(4)34)15-20-14-18(3)24-25(37-20)26(36)31(32)22-9-8-21-27(5,6)23(35)10-11-29(21)16-30(22,29)13-12-28(24,31)7/h17-18,20-26,35-36H,8-16,32H2,1-7H3/t18-,20?,21+,22?,23+,24+,25?,26+,28-,29?,30+,31+/m1/s1. The summed E-state index contributed by atoms with van der Waals surface area (Å²) >= 11 is 0. The van der Waals surface area contributed by atoms with Crippen LogP contribution in [-0.4, -0.2) is 63.6 Å². The summed E-state index contributed by atoms with van der Waals surface area (Å²) in [6.07, 6.45) is 7.31. The van der Waals surface area contributed by atoms with Gasteiger partial charge in [0.15, 0.2) is 0 Å². The molecule has 6 aliphatic rings. The Bertz CT molecular complexity index is 969. The van der Waals surface area contributed by atoms with Crippen LogP contribution in [-0.2, 0) is 9.53 Å². The molecule has 5 aliphatic carbocycles. The predicted octanol–water partition coefficient (Wildman–Crippen LogP) is 4.11. The van der Waals surface area contributed by atoms with Crippen LogP contribution in [0.4, 0.5) is 0 Å². The van der Waals surface area contributed by atoms with Crippen LogP contribution in [0.15, 0.2) is 0 Å². The van der Waals surface area contributed by atoms with Crippen LogP contribution in [0.1, 0.15) is 99.8 Å². The summed E-state index contributed by atoms with van der Waals surface area (Å²) in [4.78, 5) is 14.2. The number of ether oxygens (including phenoxy) is 1. The number of fused-ring (bicyclic) bond motifs is 4. The highest BCUT2D eigenvalue weighted by molar-refractivity contribution is 5.73. The fourth-order valence-corrected chi connectivity index (χ4v) is 12.1. The van der Waals surface area contributed by atoms with Gasteiger partial charge in [0.2, 0.25) is 5.91 Å². The molecule has 6 rings (SSSR count). The molecule has 37 heavy (non-hydrogen) atoms. The lowest BCUT2D eigenvalue weighted by Crippen LogP contribution is -2.70. The second-order valence-electron chi connectivity index (χ2n) is 15.6.